The molecular formula is C17H22BrFO2. The van der Waals surface area contributed by atoms with Crippen molar-refractivity contribution in [1.82, 2.24) is 0 Å². The molecule has 0 amide bonds. The first-order valence-electron chi connectivity index (χ1n) is 7.64. The molecule has 0 aliphatic heterocycles. The Morgan fingerprint density at radius 1 is 1.43 bits per heavy atom. The molecule has 2 nitrogen and oxygen atoms in total. The van der Waals surface area contributed by atoms with Gasteiger partial charge in [-0.15, -0.1) is 0 Å². The van der Waals surface area contributed by atoms with Crippen molar-refractivity contribution in [2.24, 2.45) is 11.3 Å². The Hall–Kier alpha value is -0.900. The molecule has 0 bridgehead atoms. The monoisotopic (exact) mass is 356 g/mol. The Bertz CT molecular complexity index is 508. The van der Waals surface area contributed by atoms with Crippen LogP contribution in [0.25, 0.3) is 0 Å². The summed E-state index contributed by atoms with van der Waals surface area (Å²) in [7, 11) is 0. The van der Waals surface area contributed by atoms with Crippen molar-refractivity contribution in [3.63, 3.8) is 0 Å². The second-order valence-corrected chi connectivity index (χ2v) is 7.15. The number of benzene rings is 1. The highest BCUT2D eigenvalue weighted by Crippen LogP contribution is 2.43. The van der Waals surface area contributed by atoms with Gasteiger partial charge in [0.2, 0.25) is 0 Å². The summed E-state index contributed by atoms with van der Waals surface area (Å²) in [4.78, 5) is 11.8. The van der Waals surface area contributed by atoms with Crippen LogP contribution in [0.2, 0.25) is 0 Å². The molecule has 1 saturated carbocycles. The van der Waals surface area contributed by atoms with Gasteiger partial charge in [-0.1, -0.05) is 35.7 Å². The van der Waals surface area contributed by atoms with Crippen LogP contribution in [0.15, 0.2) is 22.7 Å². The number of carboxylic acid groups (broad SMARTS) is 1. The summed E-state index contributed by atoms with van der Waals surface area (Å²) in [5.74, 6) is -0.457. The summed E-state index contributed by atoms with van der Waals surface area (Å²) in [6, 6.07) is 4.75. The fourth-order valence-electron chi connectivity index (χ4n) is 3.44. The third-order valence-electron chi connectivity index (χ3n) is 4.75. The van der Waals surface area contributed by atoms with E-state index >= 15 is 0 Å². The van der Waals surface area contributed by atoms with Crippen LogP contribution in [0.5, 0.6) is 0 Å². The molecule has 0 heterocycles. The number of aliphatic carboxylic acids is 1. The second-order valence-electron chi connectivity index (χ2n) is 6.23. The molecule has 2 rings (SSSR count). The van der Waals surface area contributed by atoms with Crippen LogP contribution in [0.3, 0.4) is 0 Å². The molecule has 1 aromatic rings. The first-order valence-corrected chi connectivity index (χ1v) is 8.43. The Balaban J connectivity index is 2.17. The highest BCUT2D eigenvalue weighted by molar-refractivity contribution is 9.10. The molecule has 1 N–H and O–H groups in total. The number of carboxylic acids is 1. The fourth-order valence-corrected chi connectivity index (χ4v) is 3.85. The minimum Gasteiger partial charge on any atom is -0.481 e. The van der Waals surface area contributed by atoms with E-state index in [1.807, 2.05) is 0 Å². The Morgan fingerprint density at radius 3 is 2.67 bits per heavy atom. The van der Waals surface area contributed by atoms with Crippen molar-refractivity contribution in [3.8, 4) is 0 Å². The first-order chi connectivity index (χ1) is 9.97. The third-order valence-corrected chi connectivity index (χ3v) is 5.24. The molecule has 1 aliphatic carbocycles. The topological polar surface area (TPSA) is 37.3 Å². The lowest BCUT2D eigenvalue weighted by Gasteiger charge is -2.37. The van der Waals surface area contributed by atoms with E-state index in [-0.39, 0.29) is 12.2 Å². The van der Waals surface area contributed by atoms with Gasteiger partial charge in [0.15, 0.2) is 0 Å². The predicted octanol–water partition coefficient (Wildman–Crippen LogP) is 5.19. The third kappa shape index (κ3) is 3.85. The van der Waals surface area contributed by atoms with Crippen molar-refractivity contribution in [3.05, 3.63) is 34.1 Å². The van der Waals surface area contributed by atoms with E-state index in [4.69, 9.17) is 0 Å². The van der Waals surface area contributed by atoms with Gasteiger partial charge >= 0.3 is 5.97 Å². The summed E-state index contributed by atoms with van der Waals surface area (Å²) in [5, 5.41) is 9.69. The highest BCUT2D eigenvalue weighted by Gasteiger charge is 2.42. The Kier molecular flexibility index (Phi) is 5.42. The summed E-state index contributed by atoms with van der Waals surface area (Å²) in [6.45, 7) is 2.16. The maximum atomic E-state index is 13.9. The van der Waals surface area contributed by atoms with E-state index in [0.717, 1.165) is 23.7 Å². The highest BCUT2D eigenvalue weighted by atomic mass is 79.9. The Morgan fingerprint density at radius 2 is 2.10 bits per heavy atom. The van der Waals surface area contributed by atoms with Crippen LogP contribution in [-0.4, -0.2) is 11.1 Å². The molecule has 0 spiro atoms. The molecule has 1 fully saturated rings. The summed E-state index contributed by atoms with van der Waals surface area (Å²) < 4.78 is 14.7. The lowest BCUT2D eigenvalue weighted by atomic mass is 9.66. The molecule has 1 aliphatic rings. The molecule has 0 unspecified atom stereocenters. The molecule has 116 valence electrons. The molecule has 0 radical (unpaired) electrons. The van der Waals surface area contributed by atoms with E-state index < -0.39 is 11.4 Å². The zero-order valence-electron chi connectivity index (χ0n) is 12.4. The SMILES string of the molecule is CCCC1CCC(Cc2cc(Br)ccc2F)(C(=O)O)CC1. The van der Waals surface area contributed by atoms with Gasteiger partial charge in [0.1, 0.15) is 5.82 Å². The van der Waals surface area contributed by atoms with Gasteiger partial charge in [-0.05, 0) is 61.8 Å². The van der Waals surface area contributed by atoms with Crippen LogP contribution >= 0.6 is 15.9 Å². The molecule has 0 aromatic heterocycles. The van der Waals surface area contributed by atoms with Crippen molar-refractivity contribution < 1.29 is 14.3 Å². The first kappa shape index (κ1) is 16.5. The van der Waals surface area contributed by atoms with Crippen LogP contribution in [0.1, 0.15) is 51.0 Å². The number of hydrogen-bond acceptors (Lipinski definition) is 1. The molecule has 0 saturated heterocycles. The van der Waals surface area contributed by atoms with E-state index in [9.17, 15) is 14.3 Å². The fraction of sp³-hybridized carbons (Fsp3) is 0.588. The van der Waals surface area contributed by atoms with E-state index in [1.165, 1.54) is 12.5 Å². The minimum atomic E-state index is -0.800. The minimum absolute atomic E-state index is 0.284. The van der Waals surface area contributed by atoms with Crippen LogP contribution < -0.4 is 0 Å². The number of rotatable bonds is 5. The van der Waals surface area contributed by atoms with Gasteiger partial charge in [0.05, 0.1) is 5.41 Å². The number of carbonyl (C=O) groups is 1. The van der Waals surface area contributed by atoms with Gasteiger partial charge in [-0.3, -0.25) is 4.79 Å². The van der Waals surface area contributed by atoms with Gasteiger partial charge < -0.3 is 5.11 Å². The lowest BCUT2D eigenvalue weighted by Crippen LogP contribution is -2.37. The average Bonchev–Trinajstić information content (AvgIpc) is 2.45. The predicted molar refractivity (Wildman–Crippen MR) is 84.7 cm³/mol. The van der Waals surface area contributed by atoms with Gasteiger partial charge in [-0.2, -0.15) is 0 Å². The maximum absolute atomic E-state index is 13.9. The molecule has 0 atom stereocenters. The van der Waals surface area contributed by atoms with Crippen LogP contribution in [0.4, 0.5) is 4.39 Å². The number of hydrogen-bond donors (Lipinski definition) is 1. The van der Waals surface area contributed by atoms with Crippen molar-refractivity contribution in [1.29, 1.82) is 0 Å². The van der Waals surface area contributed by atoms with E-state index in [1.54, 1.807) is 12.1 Å². The van der Waals surface area contributed by atoms with Crippen molar-refractivity contribution in [2.75, 3.05) is 0 Å². The molecule has 21 heavy (non-hydrogen) atoms. The van der Waals surface area contributed by atoms with E-state index in [0.29, 0.717) is 24.3 Å². The van der Waals surface area contributed by atoms with Crippen molar-refractivity contribution in [2.45, 2.75) is 51.9 Å². The summed E-state index contributed by atoms with van der Waals surface area (Å²) >= 11 is 3.33. The van der Waals surface area contributed by atoms with Crippen molar-refractivity contribution >= 4 is 21.9 Å². The van der Waals surface area contributed by atoms with Gasteiger partial charge in [0.25, 0.3) is 0 Å². The summed E-state index contributed by atoms with van der Waals surface area (Å²) in [6.07, 6.45) is 5.78. The smallest absolute Gasteiger partial charge is 0.309 e. The maximum Gasteiger partial charge on any atom is 0.309 e. The van der Waals surface area contributed by atoms with Crippen LogP contribution in [-0.2, 0) is 11.2 Å². The number of halogens is 2. The zero-order valence-corrected chi connectivity index (χ0v) is 14.0. The second kappa shape index (κ2) is 6.91. The largest absolute Gasteiger partial charge is 0.481 e. The molecular weight excluding hydrogens is 335 g/mol. The van der Waals surface area contributed by atoms with Gasteiger partial charge in [-0.25, -0.2) is 4.39 Å². The molecule has 1 aromatic carbocycles. The standard InChI is InChI=1S/C17H22BrFO2/c1-2-3-12-6-8-17(9-7-12,16(20)21)11-13-10-14(18)4-5-15(13)19/h4-5,10,12H,2-3,6-9,11H2,1H3,(H,20,21). The lowest BCUT2D eigenvalue weighted by molar-refractivity contribution is -0.151. The summed E-state index contributed by atoms with van der Waals surface area (Å²) in [5.41, 5.74) is -0.299. The quantitative estimate of drug-likeness (QED) is 0.787. The van der Waals surface area contributed by atoms with Crippen LogP contribution in [0, 0.1) is 17.2 Å². The zero-order chi connectivity index (χ0) is 15.5. The Labute approximate surface area is 133 Å². The normalized spacial score (nSPS) is 25.8. The van der Waals surface area contributed by atoms with Gasteiger partial charge in [0, 0.05) is 4.47 Å². The van der Waals surface area contributed by atoms with E-state index in [2.05, 4.69) is 22.9 Å². The molecule has 4 heteroatoms. The average molecular weight is 357 g/mol.